The summed E-state index contributed by atoms with van der Waals surface area (Å²) >= 11 is 0. The Kier molecular flexibility index (Phi) is 10.5. The van der Waals surface area contributed by atoms with Crippen molar-refractivity contribution in [3.63, 3.8) is 0 Å². The molecule has 1 N–H and O–H groups in total. The molecular formula is C38H47N3O4. The van der Waals surface area contributed by atoms with Crippen LogP contribution in [0.25, 0.3) is 10.9 Å². The Morgan fingerprint density at radius 2 is 1.80 bits per heavy atom. The first-order valence-electron chi connectivity index (χ1n) is 16.6. The fourth-order valence-corrected chi connectivity index (χ4v) is 6.88. The van der Waals surface area contributed by atoms with Crippen LogP contribution in [0.5, 0.6) is 5.75 Å². The number of rotatable bonds is 14. The Bertz CT molecular complexity index is 1560. The van der Waals surface area contributed by atoms with Crippen molar-refractivity contribution in [2.45, 2.75) is 70.6 Å². The number of benzene rings is 3. The predicted octanol–water partition coefficient (Wildman–Crippen LogP) is 6.79. The van der Waals surface area contributed by atoms with Crippen LogP contribution in [0.15, 0.2) is 72.9 Å². The zero-order valence-corrected chi connectivity index (χ0v) is 26.8. The zero-order chi connectivity index (χ0) is 31.0. The number of fused-ring (bicyclic) bond motifs is 2. The lowest BCUT2D eigenvalue weighted by Gasteiger charge is -2.33. The molecule has 2 aliphatic heterocycles. The van der Waals surface area contributed by atoms with Crippen LogP contribution in [0.3, 0.4) is 0 Å². The van der Waals surface area contributed by atoms with E-state index in [4.69, 9.17) is 14.2 Å². The molecule has 6 rings (SSSR count). The molecule has 3 heterocycles. The number of unbranched alkanes of at least 4 members (excludes halogenated alkanes) is 1. The van der Waals surface area contributed by atoms with E-state index in [-0.39, 0.29) is 12.0 Å². The average Bonchev–Trinajstić information content (AvgIpc) is 3.40. The number of piperidine rings is 1. The number of para-hydroxylation sites is 1. The molecule has 1 amide bonds. The van der Waals surface area contributed by atoms with Gasteiger partial charge in [0.2, 0.25) is 5.91 Å². The van der Waals surface area contributed by atoms with Gasteiger partial charge in [0.1, 0.15) is 5.75 Å². The molecule has 238 valence electrons. The van der Waals surface area contributed by atoms with Gasteiger partial charge in [-0.2, -0.15) is 0 Å². The Balaban J connectivity index is 1.00. The van der Waals surface area contributed by atoms with Crippen LogP contribution in [0, 0.1) is 6.92 Å². The SMILES string of the molecule is COCCCN1C(=O)CCc2ccc(COC3CNCCC3c3ccc(OCCCCn4cc(C)c5ccccc54)cc3)cc21. The lowest BCUT2D eigenvalue weighted by molar-refractivity contribution is -0.118. The summed E-state index contributed by atoms with van der Waals surface area (Å²) in [6.07, 6.45) is 7.66. The van der Waals surface area contributed by atoms with Crippen molar-refractivity contribution in [1.82, 2.24) is 9.88 Å². The number of aromatic nitrogens is 1. The second-order valence-corrected chi connectivity index (χ2v) is 12.5. The molecule has 2 atom stereocenters. The van der Waals surface area contributed by atoms with Gasteiger partial charge in [0.25, 0.3) is 0 Å². The number of ether oxygens (including phenoxy) is 3. The van der Waals surface area contributed by atoms with E-state index in [1.54, 1.807) is 7.11 Å². The number of aryl methyl sites for hydroxylation is 3. The highest BCUT2D eigenvalue weighted by atomic mass is 16.5. The van der Waals surface area contributed by atoms with E-state index in [0.717, 1.165) is 68.7 Å². The zero-order valence-electron chi connectivity index (χ0n) is 26.8. The summed E-state index contributed by atoms with van der Waals surface area (Å²) in [5, 5.41) is 4.86. The summed E-state index contributed by atoms with van der Waals surface area (Å²) in [6.45, 7) is 7.57. The molecule has 2 aliphatic rings. The van der Waals surface area contributed by atoms with E-state index in [2.05, 4.69) is 89.7 Å². The number of amides is 1. The van der Waals surface area contributed by atoms with E-state index in [9.17, 15) is 4.79 Å². The normalized spacial score (nSPS) is 18.4. The van der Waals surface area contributed by atoms with Crippen molar-refractivity contribution in [3.05, 3.63) is 95.2 Å². The van der Waals surface area contributed by atoms with Crippen molar-refractivity contribution in [2.75, 3.05) is 44.9 Å². The molecule has 7 heteroatoms. The summed E-state index contributed by atoms with van der Waals surface area (Å²) in [4.78, 5) is 14.6. The Morgan fingerprint density at radius 3 is 2.67 bits per heavy atom. The van der Waals surface area contributed by atoms with Gasteiger partial charge in [-0.3, -0.25) is 4.79 Å². The Labute approximate surface area is 267 Å². The highest BCUT2D eigenvalue weighted by molar-refractivity contribution is 5.96. The molecule has 4 aromatic rings. The van der Waals surface area contributed by atoms with Crippen LogP contribution in [-0.4, -0.2) is 56.5 Å². The van der Waals surface area contributed by atoms with E-state index in [1.807, 2.05) is 4.90 Å². The third kappa shape index (κ3) is 7.60. The van der Waals surface area contributed by atoms with Crippen LogP contribution in [0.4, 0.5) is 5.69 Å². The molecule has 0 bridgehead atoms. The molecule has 7 nitrogen and oxygen atoms in total. The number of carbonyl (C=O) groups is 1. The van der Waals surface area contributed by atoms with E-state index in [1.165, 1.54) is 27.6 Å². The maximum absolute atomic E-state index is 12.7. The van der Waals surface area contributed by atoms with Gasteiger partial charge in [-0.1, -0.05) is 42.5 Å². The van der Waals surface area contributed by atoms with E-state index in [0.29, 0.717) is 38.7 Å². The molecular weight excluding hydrogens is 562 g/mol. The van der Waals surface area contributed by atoms with Gasteiger partial charge >= 0.3 is 0 Å². The molecule has 2 unspecified atom stereocenters. The monoisotopic (exact) mass is 609 g/mol. The van der Waals surface area contributed by atoms with E-state index < -0.39 is 0 Å². The number of nitrogens with one attached hydrogen (secondary N) is 1. The first kappa shape index (κ1) is 31.3. The van der Waals surface area contributed by atoms with Crippen LogP contribution in [0.1, 0.15) is 60.3 Å². The quantitative estimate of drug-likeness (QED) is 0.160. The van der Waals surface area contributed by atoms with Gasteiger partial charge in [-0.25, -0.2) is 0 Å². The second-order valence-electron chi connectivity index (χ2n) is 12.5. The summed E-state index contributed by atoms with van der Waals surface area (Å²) in [5.74, 6) is 1.44. The summed E-state index contributed by atoms with van der Waals surface area (Å²) in [6, 6.07) is 23.7. The van der Waals surface area contributed by atoms with Crippen molar-refractivity contribution in [3.8, 4) is 5.75 Å². The van der Waals surface area contributed by atoms with Crippen LogP contribution in [0.2, 0.25) is 0 Å². The van der Waals surface area contributed by atoms with Gasteiger partial charge < -0.3 is 29.0 Å². The van der Waals surface area contributed by atoms with E-state index >= 15 is 0 Å². The Morgan fingerprint density at radius 1 is 0.933 bits per heavy atom. The molecule has 0 spiro atoms. The fraction of sp³-hybridized carbons (Fsp3) is 0.447. The van der Waals surface area contributed by atoms with Crippen LogP contribution < -0.4 is 15.0 Å². The molecule has 1 saturated heterocycles. The topological polar surface area (TPSA) is 65.0 Å². The molecule has 0 saturated carbocycles. The minimum Gasteiger partial charge on any atom is -0.494 e. The smallest absolute Gasteiger partial charge is 0.227 e. The summed E-state index contributed by atoms with van der Waals surface area (Å²) in [5.41, 5.74) is 7.31. The van der Waals surface area contributed by atoms with Crippen LogP contribution in [-0.2, 0) is 33.8 Å². The lowest BCUT2D eigenvalue weighted by atomic mass is 9.87. The van der Waals surface area contributed by atoms with Crippen molar-refractivity contribution in [1.29, 1.82) is 0 Å². The lowest BCUT2D eigenvalue weighted by Crippen LogP contribution is -2.41. The molecule has 1 fully saturated rings. The maximum atomic E-state index is 12.7. The maximum Gasteiger partial charge on any atom is 0.227 e. The molecule has 3 aromatic carbocycles. The molecule has 45 heavy (non-hydrogen) atoms. The first-order valence-corrected chi connectivity index (χ1v) is 16.6. The summed E-state index contributed by atoms with van der Waals surface area (Å²) in [7, 11) is 1.70. The van der Waals surface area contributed by atoms with Crippen molar-refractivity contribution >= 4 is 22.5 Å². The largest absolute Gasteiger partial charge is 0.494 e. The van der Waals surface area contributed by atoms with Crippen molar-refractivity contribution in [2.24, 2.45) is 0 Å². The average molecular weight is 610 g/mol. The van der Waals surface area contributed by atoms with Gasteiger partial charge in [0, 0.05) is 68.5 Å². The minimum absolute atomic E-state index is 0.0781. The van der Waals surface area contributed by atoms with Gasteiger partial charge in [0.15, 0.2) is 0 Å². The van der Waals surface area contributed by atoms with Crippen molar-refractivity contribution < 1.29 is 19.0 Å². The van der Waals surface area contributed by atoms with Gasteiger partial charge in [-0.05, 0) is 92.1 Å². The first-order chi connectivity index (χ1) is 22.1. The number of hydrogen-bond donors (Lipinski definition) is 1. The molecule has 1 aromatic heterocycles. The molecule has 0 aliphatic carbocycles. The highest BCUT2D eigenvalue weighted by Crippen LogP contribution is 2.32. The summed E-state index contributed by atoms with van der Waals surface area (Å²) < 4.78 is 20.3. The Hall–Kier alpha value is -3.65. The predicted molar refractivity (Wildman–Crippen MR) is 180 cm³/mol. The molecule has 0 radical (unpaired) electrons. The van der Waals surface area contributed by atoms with Gasteiger partial charge in [-0.15, -0.1) is 0 Å². The minimum atomic E-state index is 0.0781. The number of anilines is 1. The third-order valence-electron chi connectivity index (χ3n) is 9.33. The highest BCUT2D eigenvalue weighted by Gasteiger charge is 2.28. The number of methoxy groups -OCH3 is 1. The van der Waals surface area contributed by atoms with Crippen LogP contribution >= 0.6 is 0 Å². The van der Waals surface area contributed by atoms with Gasteiger partial charge in [0.05, 0.1) is 19.3 Å². The second kappa shape index (κ2) is 15.1. The standard InChI is InChI=1S/C38H47N3O4/c1-28-26-40(35-9-4-3-8-33(28)35)20-5-6-23-44-32-15-12-30(13-16-32)34-18-19-39-25-37(34)45-27-29-10-11-31-14-17-38(42)41(36(31)24-29)21-7-22-43-2/h3-4,8-13,15-16,24,26,34,37,39H,5-7,14,17-23,25,27H2,1-2H3. The number of hydrogen-bond acceptors (Lipinski definition) is 5. The number of nitrogens with zero attached hydrogens (tertiary/aromatic N) is 2. The third-order valence-corrected chi connectivity index (χ3v) is 9.33. The fourth-order valence-electron chi connectivity index (χ4n) is 6.88. The number of carbonyl (C=O) groups excluding carboxylic acids is 1.